The third kappa shape index (κ3) is 3.39. The van der Waals surface area contributed by atoms with E-state index < -0.39 is 29.5 Å². The molecule has 8 heteroatoms. The molecule has 0 aliphatic rings. The van der Waals surface area contributed by atoms with Crippen LogP contribution < -0.4 is 11.5 Å². The van der Waals surface area contributed by atoms with Gasteiger partial charge in [0.1, 0.15) is 6.10 Å². The van der Waals surface area contributed by atoms with Crippen LogP contribution in [0.25, 0.3) is 0 Å². The molecule has 0 fully saturated rings. The number of amides is 1. The molecular weight excluding hydrogens is 254 g/mol. The van der Waals surface area contributed by atoms with Crippen molar-refractivity contribution in [3.05, 3.63) is 33.4 Å². The van der Waals surface area contributed by atoms with Gasteiger partial charge >= 0.3 is 0 Å². The largest absolute Gasteiger partial charge is 0.398 e. The van der Waals surface area contributed by atoms with Crippen molar-refractivity contribution >= 4 is 17.3 Å². The van der Waals surface area contributed by atoms with Crippen molar-refractivity contribution in [2.45, 2.75) is 25.6 Å². The molecule has 0 saturated heterocycles. The minimum absolute atomic E-state index is 0.000417. The number of benzene rings is 1. The van der Waals surface area contributed by atoms with E-state index in [0.717, 1.165) is 6.07 Å². The first-order valence-corrected chi connectivity index (χ1v) is 5.43. The number of aliphatic hydroxyl groups is 2. The quantitative estimate of drug-likeness (QED) is 0.328. The number of primary amides is 1. The molecule has 1 aromatic rings. The minimum Gasteiger partial charge on any atom is -0.398 e. The number of rotatable bonds is 5. The first-order valence-electron chi connectivity index (χ1n) is 5.43. The topological polar surface area (TPSA) is 153 Å². The number of hydrogen-bond acceptors (Lipinski definition) is 6. The molecule has 19 heavy (non-hydrogen) atoms. The van der Waals surface area contributed by atoms with Gasteiger partial charge in [-0.3, -0.25) is 14.9 Å². The fourth-order valence-corrected chi connectivity index (χ4v) is 1.68. The standard InChI is InChI=1S/C11H15N3O5/c1-5-2-6(14(18)19)3-7(10(5)13)11(17)8(15)4-9(12)16/h2-3,8,11,15,17H,4,13H2,1H3,(H2,12,16). The number of carbonyl (C=O) groups is 1. The Labute approximate surface area is 108 Å². The summed E-state index contributed by atoms with van der Waals surface area (Å²) in [5.41, 5.74) is 10.9. The van der Waals surface area contributed by atoms with Gasteiger partial charge in [-0.25, -0.2) is 0 Å². The summed E-state index contributed by atoms with van der Waals surface area (Å²) in [7, 11) is 0. The summed E-state index contributed by atoms with van der Waals surface area (Å²) in [6.07, 6.45) is -3.46. The zero-order chi connectivity index (χ0) is 14.7. The Kier molecular flexibility index (Phi) is 4.41. The molecule has 6 N–H and O–H groups in total. The highest BCUT2D eigenvalue weighted by Gasteiger charge is 2.25. The van der Waals surface area contributed by atoms with Gasteiger partial charge < -0.3 is 21.7 Å². The molecule has 8 nitrogen and oxygen atoms in total. The number of aryl methyl sites for hydroxylation is 1. The maximum absolute atomic E-state index is 10.7. The normalized spacial score (nSPS) is 13.8. The molecule has 104 valence electrons. The fraction of sp³-hybridized carbons (Fsp3) is 0.364. The zero-order valence-corrected chi connectivity index (χ0v) is 10.2. The minimum atomic E-state index is -1.52. The van der Waals surface area contributed by atoms with Crippen LogP contribution in [-0.2, 0) is 4.79 Å². The second kappa shape index (κ2) is 5.63. The van der Waals surface area contributed by atoms with Crippen LogP contribution in [0.2, 0.25) is 0 Å². The van der Waals surface area contributed by atoms with Gasteiger partial charge in [-0.1, -0.05) is 0 Å². The molecule has 0 aliphatic carbocycles. The predicted octanol–water partition coefficient (Wildman–Crippen LogP) is -0.245. The summed E-state index contributed by atoms with van der Waals surface area (Å²) in [6, 6.07) is 2.32. The Bertz CT molecular complexity index is 517. The van der Waals surface area contributed by atoms with Gasteiger partial charge in [0.25, 0.3) is 5.69 Å². The summed E-state index contributed by atoms with van der Waals surface area (Å²) < 4.78 is 0. The monoisotopic (exact) mass is 269 g/mol. The molecular formula is C11H15N3O5. The second-order valence-electron chi connectivity index (χ2n) is 4.21. The van der Waals surface area contributed by atoms with Gasteiger partial charge in [-0.2, -0.15) is 0 Å². The Morgan fingerprint density at radius 1 is 1.47 bits per heavy atom. The molecule has 0 heterocycles. The van der Waals surface area contributed by atoms with Crippen LogP contribution in [0.1, 0.15) is 23.7 Å². The average molecular weight is 269 g/mol. The van der Waals surface area contributed by atoms with Crippen molar-refractivity contribution in [3.63, 3.8) is 0 Å². The van der Waals surface area contributed by atoms with Crippen molar-refractivity contribution in [3.8, 4) is 0 Å². The van der Waals surface area contributed by atoms with Crippen LogP contribution in [0.4, 0.5) is 11.4 Å². The van der Waals surface area contributed by atoms with E-state index in [9.17, 15) is 25.1 Å². The maximum atomic E-state index is 10.7. The Morgan fingerprint density at radius 3 is 2.53 bits per heavy atom. The number of aliphatic hydroxyl groups excluding tert-OH is 2. The average Bonchev–Trinajstić information content (AvgIpc) is 2.30. The molecule has 0 spiro atoms. The lowest BCUT2D eigenvalue weighted by Crippen LogP contribution is -2.26. The summed E-state index contributed by atoms with van der Waals surface area (Å²) in [6.45, 7) is 1.54. The summed E-state index contributed by atoms with van der Waals surface area (Å²) in [5, 5.41) is 30.2. The van der Waals surface area contributed by atoms with Crippen molar-refractivity contribution in [1.29, 1.82) is 0 Å². The van der Waals surface area contributed by atoms with E-state index in [-0.39, 0.29) is 16.9 Å². The molecule has 1 amide bonds. The smallest absolute Gasteiger partial charge is 0.270 e. The van der Waals surface area contributed by atoms with Gasteiger partial charge in [0, 0.05) is 23.4 Å². The fourth-order valence-electron chi connectivity index (χ4n) is 1.68. The van der Waals surface area contributed by atoms with Gasteiger partial charge in [-0.05, 0) is 12.5 Å². The highest BCUT2D eigenvalue weighted by Crippen LogP contribution is 2.31. The summed E-state index contributed by atoms with van der Waals surface area (Å²) in [5.74, 6) is -0.799. The lowest BCUT2D eigenvalue weighted by molar-refractivity contribution is -0.385. The van der Waals surface area contributed by atoms with Gasteiger partial charge in [0.2, 0.25) is 5.91 Å². The predicted molar refractivity (Wildman–Crippen MR) is 67.0 cm³/mol. The molecule has 0 aliphatic heterocycles. The van der Waals surface area contributed by atoms with E-state index in [1.165, 1.54) is 6.07 Å². The molecule has 1 aromatic carbocycles. The van der Waals surface area contributed by atoms with Crippen molar-refractivity contribution in [1.82, 2.24) is 0 Å². The van der Waals surface area contributed by atoms with Crippen LogP contribution in [0.5, 0.6) is 0 Å². The molecule has 0 radical (unpaired) electrons. The van der Waals surface area contributed by atoms with E-state index in [2.05, 4.69) is 0 Å². The first-order chi connectivity index (χ1) is 8.73. The number of nitrogen functional groups attached to an aromatic ring is 1. The molecule has 0 aromatic heterocycles. The van der Waals surface area contributed by atoms with Crippen LogP contribution in [0.3, 0.4) is 0 Å². The second-order valence-corrected chi connectivity index (χ2v) is 4.21. The summed E-state index contributed by atoms with van der Waals surface area (Å²) >= 11 is 0. The molecule has 2 unspecified atom stereocenters. The number of nitrogens with two attached hydrogens (primary N) is 2. The zero-order valence-electron chi connectivity index (χ0n) is 10.2. The first kappa shape index (κ1) is 14.9. The molecule has 0 saturated carbocycles. The highest BCUT2D eigenvalue weighted by atomic mass is 16.6. The van der Waals surface area contributed by atoms with Gasteiger partial charge in [0.15, 0.2) is 0 Å². The maximum Gasteiger partial charge on any atom is 0.270 e. The lowest BCUT2D eigenvalue weighted by Gasteiger charge is -2.19. The van der Waals surface area contributed by atoms with E-state index in [0.29, 0.717) is 5.56 Å². The van der Waals surface area contributed by atoms with E-state index >= 15 is 0 Å². The number of nitrogens with zero attached hydrogens (tertiary/aromatic N) is 1. The highest BCUT2D eigenvalue weighted by molar-refractivity contribution is 5.74. The van der Waals surface area contributed by atoms with Crippen LogP contribution in [0.15, 0.2) is 12.1 Å². The number of carbonyl (C=O) groups excluding carboxylic acids is 1. The Morgan fingerprint density at radius 2 is 2.05 bits per heavy atom. The third-order valence-corrected chi connectivity index (χ3v) is 2.71. The molecule has 2 atom stereocenters. The van der Waals surface area contributed by atoms with Crippen LogP contribution in [-0.4, -0.2) is 27.1 Å². The van der Waals surface area contributed by atoms with Crippen molar-refractivity contribution < 1.29 is 19.9 Å². The SMILES string of the molecule is Cc1cc([N+](=O)[O-])cc(C(O)C(O)CC(N)=O)c1N. The number of hydrogen-bond donors (Lipinski definition) is 4. The van der Waals surface area contributed by atoms with Crippen molar-refractivity contribution in [2.75, 3.05) is 5.73 Å². The number of nitro benzene ring substituents is 1. The summed E-state index contributed by atoms with van der Waals surface area (Å²) in [4.78, 5) is 20.8. The van der Waals surface area contributed by atoms with Crippen molar-refractivity contribution in [2.24, 2.45) is 5.73 Å². The number of anilines is 1. The Balaban J connectivity index is 3.18. The van der Waals surface area contributed by atoms with Crippen LogP contribution in [0, 0.1) is 17.0 Å². The van der Waals surface area contributed by atoms with Gasteiger partial charge in [0.05, 0.1) is 17.4 Å². The molecule has 0 bridgehead atoms. The number of non-ortho nitro benzene ring substituents is 1. The van der Waals surface area contributed by atoms with E-state index in [1.54, 1.807) is 6.92 Å². The Hall–Kier alpha value is -2.19. The third-order valence-electron chi connectivity index (χ3n) is 2.71. The van der Waals surface area contributed by atoms with Gasteiger partial charge in [-0.15, -0.1) is 0 Å². The van der Waals surface area contributed by atoms with Crippen LogP contribution >= 0.6 is 0 Å². The molecule has 1 rings (SSSR count). The number of nitro groups is 1. The lowest BCUT2D eigenvalue weighted by atomic mass is 9.97. The van der Waals surface area contributed by atoms with E-state index in [1.807, 2.05) is 0 Å². The van der Waals surface area contributed by atoms with E-state index in [4.69, 9.17) is 11.5 Å².